The van der Waals surface area contributed by atoms with Gasteiger partial charge in [-0.25, -0.2) is 0 Å². The molecular weight excluding hydrogens is 277 g/mol. The van der Waals surface area contributed by atoms with Crippen LogP contribution in [0.15, 0.2) is 18.2 Å². The Labute approximate surface area is 113 Å². The van der Waals surface area contributed by atoms with Gasteiger partial charge >= 0.3 is 6.18 Å². The maximum Gasteiger partial charge on any atom is 0.414 e. The van der Waals surface area contributed by atoms with E-state index in [0.29, 0.717) is 17.8 Å². The van der Waals surface area contributed by atoms with Crippen molar-refractivity contribution in [3.63, 3.8) is 0 Å². The third-order valence-corrected chi connectivity index (χ3v) is 2.59. The number of nitro groups is 1. The van der Waals surface area contributed by atoms with Gasteiger partial charge in [-0.15, -0.1) is 0 Å². The van der Waals surface area contributed by atoms with E-state index in [1.165, 1.54) is 18.2 Å². The Balaban J connectivity index is 2.82. The first-order chi connectivity index (χ1) is 9.25. The molecule has 0 aromatic heterocycles. The van der Waals surface area contributed by atoms with Crippen molar-refractivity contribution < 1.29 is 22.8 Å². The molecule has 0 aliphatic rings. The van der Waals surface area contributed by atoms with E-state index in [-0.39, 0.29) is 12.3 Å². The van der Waals surface area contributed by atoms with Crippen molar-refractivity contribution in [3.8, 4) is 0 Å². The summed E-state index contributed by atoms with van der Waals surface area (Å²) in [5.74, 6) is 0. The normalized spacial score (nSPS) is 13.1. The van der Waals surface area contributed by atoms with Gasteiger partial charge in [0.2, 0.25) is 0 Å². The van der Waals surface area contributed by atoms with Crippen LogP contribution < -0.4 is 5.32 Å². The maximum absolute atomic E-state index is 12.3. The number of ether oxygens (including phenoxy) is 1. The molecule has 0 amide bonds. The minimum atomic E-state index is -4.45. The highest BCUT2D eigenvalue weighted by molar-refractivity contribution is 5.62. The zero-order valence-electron chi connectivity index (χ0n) is 11.0. The highest BCUT2D eigenvalue weighted by Crippen LogP contribution is 2.27. The van der Waals surface area contributed by atoms with Crippen molar-refractivity contribution in [2.24, 2.45) is 0 Å². The zero-order chi connectivity index (χ0) is 15.3. The number of hydrogen-bond donors (Lipinski definition) is 1. The lowest BCUT2D eigenvalue weighted by atomic mass is 10.2. The van der Waals surface area contributed by atoms with Gasteiger partial charge < -0.3 is 10.1 Å². The number of nitrogens with zero attached hydrogens (tertiary/aromatic N) is 1. The van der Waals surface area contributed by atoms with Gasteiger partial charge in [-0.2, -0.15) is 13.2 Å². The number of halogens is 3. The number of anilines is 1. The van der Waals surface area contributed by atoms with Crippen LogP contribution in [0.4, 0.5) is 24.5 Å². The van der Waals surface area contributed by atoms with Crippen LogP contribution in [-0.2, 0) is 11.3 Å². The van der Waals surface area contributed by atoms with Crippen LogP contribution in [0.25, 0.3) is 0 Å². The second-order valence-corrected chi connectivity index (χ2v) is 4.13. The number of alkyl halides is 3. The Kier molecular flexibility index (Phi) is 5.32. The molecule has 0 spiro atoms. The first-order valence-electron chi connectivity index (χ1n) is 5.95. The fourth-order valence-electron chi connectivity index (χ4n) is 1.47. The molecule has 1 unspecified atom stereocenters. The van der Waals surface area contributed by atoms with Crippen LogP contribution in [0.1, 0.15) is 19.4 Å². The van der Waals surface area contributed by atoms with E-state index in [9.17, 15) is 23.3 Å². The van der Waals surface area contributed by atoms with E-state index >= 15 is 0 Å². The van der Waals surface area contributed by atoms with E-state index in [1.54, 1.807) is 6.92 Å². The summed E-state index contributed by atoms with van der Waals surface area (Å²) in [4.78, 5) is 10.3. The van der Waals surface area contributed by atoms with Gasteiger partial charge in [-0.05, 0) is 25.5 Å². The van der Waals surface area contributed by atoms with Crippen molar-refractivity contribution in [2.45, 2.75) is 32.7 Å². The van der Waals surface area contributed by atoms with Crippen LogP contribution >= 0.6 is 0 Å². The average molecular weight is 292 g/mol. The summed E-state index contributed by atoms with van der Waals surface area (Å²) < 4.78 is 41.5. The molecule has 20 heavy (non-hydrogen) atoms. The maximum atomic E-state index is 12.3. The monoisotopic (exact) mass is 292 g/mol. The van der Waals surface area contributed by atoms with Crippen LogP contribution in [0.3, 0.4) is 0 Å². The molecule has 0 saturated heterocycles. The largest absolute Gasteiger partial charge is 0.414 e. The lowest BCUT2D eigenvalue weighted by Crippen LogP contribution is -2.28. The molecule has 0 radical (unpaired) electrons. The molecule has 0 heterocycles. The number of nitrogens with one attached hydrogen (secondary N) is 1. The highest BCUT2D eigenvalue weighted by atomic mass is 19.4. The summed E-state index contributed by atoms with van der Waals surface area (Å²) in [7, 11) is 0. The fraction of sp³-hybridized carbons (Fsp3) is 0.500. The molecule has 0 aliphatic carbocycles. The van der Waals surface area contributed by atoms with Crippen molar-refractivity contribution >= 4 is 11.4 Å². The molecule has 0 bridgehead atoms. The highest BCUT2D eigenvalue weighted by Gasteiger charge is 2.36. The molecule has 0 aliphatic heterocycles. The van der Waals surface area contributed by atoms with Gasteiger partial charge in [0.15, 0.2) is 6.10 Å². The van der Waals surface area contributed by atoms with Crippen molar-refractivity contribution in [3.05, 3.63) is 33.9 Å². The quantitative estimate of drug-likeness (QED) is 0.644. The van der Waals surface area contributed by atoms with Gasteiger partial charge in [0.05, 0.1) is 11.5 Å². The van der Waals surface area contributed by atoms with Crippen molar-refractivity contribution in [1.29, 1.82) is 0 Å². The van der Waals surface area contributed by atoms with Crippen LogP contribution in [0.5, 0.6) is 0 Å². The summed E-state index contributed by atoms with van der Waals surface area (Å²) in [5.41, 5.74) is 0.451. The zero-order valence-corrected chi connectivity index (χ0v) is 11.0. The SMILES string of the molecule is CCNc1ccc(COC(C)C(F)(F)F)cc1[N+](=O)[O-]. The Bertz CT molecular complexity index is 478. The van der Waals surface area contributed by atoms with Gasteiger partial charge in [-0.1, -0.05) is 6.07 Å². The van der Waals surface area contributed by atoms with Crippen molar-refractivity contribution in [2.75, 3.05) is 11.9 Å². The lowest BCUT2D eigenvalue weighted by Gasteiger charge is -2.16. The van der Waals surface area contributed by atoms with E-state index in [4.69, 9.17) is 0 Å². The molecule has 5 nitrogen and oxygen atoms in total. The van der Waals surface area contributed by atoms with Gasteiger partial charge in [-0.3, -0.25) is 10.1 Å². The summed E-state index contributed by atoms with van der Waals surface area (Å²) >= 11 is 0. The average Bonchev–Trinajstić information content (AvgIpc) is 2.36. The molecule has 8 heteroatoms. The van der Waals surface area contributed by atoms with Crippen LogP contribution in [-0.4, -0.2) is 23.7 Å². The summed E-state index contributed by atoms with van der Waals surface area (Å²) in [6.07, 6.45) is -6.37. The molecule has 0 saturated carbocycles. The molecule has 1 atom stereocenters. The molecule has 112 valence electrons. The number of nitro benzene ring substituents is 1. The Morgan fingerprint density at radius 3 is 2.60 bits per heavy atom. The van der Waals surface area contributed by atoms with E-state index in [2.05, 4.69) is 10.1 Å². The second-order valence-electron chi connectivity index (χ2n) is 4.13. The Hall–Kier alpha value is -1.83. The molecule has 0 fully saturated rings. The summed E-state index contributed by atoms with van der Waals surface area (Å²) in [6, 6.07) is 4.16. The smallest absolute Gasteiger partial charge is 0.380 e. The predicted octanol–water partition coefficient (Wildman–Crippen LogP) is 3.49. The molecular formula is C12H15F3N2O3. The summed E-state index contributed by atoms with van der Waals surface area (Å²) in [6.45, 7) is 2.84. The molecule has 1 rings (SSSR count). The topological polar surface area (TPSA) is 64.4 Å². The Morgan fingerprint density at radius 2 is 2.10 bits per heavy atom. The number of benzene rings is 1. The Morgan fingerprint density at radius 1 is 1.45 bits per heavy atom. The third kappa shape index (κ3) is 4.37. The molecule has 1 N–H and O–H groups in total. The molecule has 1 aromatic carbocycles. The van der Waals surface area contributed by atoms with Gasteiger partial charge in [0.25, 0.3) is 5.69 Å². The standard InChI is InChI=1S/C12H15F3N2O3/c1-3-16-10-5-4-9(6-11(10)17(18)19)7-20-8(2)12(13,14)15/h4-6,8,16H,3,7H2,1-2H3. The van der Waals surface area contributed by atoms with E-state index in [1.807, 2.05) is 0 Å². The number of rotatable bonds is 6. The minimum Gasteiger partial charge on any atom is -0.380 e. The lowest BCUT2D eigenvalue weighted by molar-refractivity contribution is -0.384. The minimum absolute atomic E-state index is 0.187. The van der Waals surface area contributed by atoms with Gasteiger partial charge in [0.1, 0.15) is 5.69 Å². The van der Waals surface area contributed by atoms with Crippen molar-refractivity contribution in [1.82, 2.24) is 0 Å². The second kappa shape index (κ2) is 6.56. The first-order valence-corrected chi connectivity index (χ1v) is 5.95. The summed E-state index contributed by atoms with van der Waals surface area (Å²) in [5, 5.41) is 13.7. The molecule has 1 aromatic rings. The van der Waals surface area contributed by atoms with E-state index in [0.717, 1.165) is 6.92 Å². The van der Waals surface area contributed by atoms with E-state index < -0.39 is 17.2 Å². The fourth-order valence-corrected chi connectivity index (χ4v) is 1.47. The number of hydrogen-bond acceptors (Lipinski definition) is 4. The third-order valence-electron chi connectivity index (χ3n) is 2.59. The van der Waals surface area contributed by atoms with Crippen LogP contribution in [0.2, 0.25) is 0 Å². The van der Waals surface area contributed by atoms with Crippen LogP contribution in [0, 0.1) is 10.1 Å². The predicted molar refractivity (Wildman–Crippen MR) is 67.6 cm³/mol. The van der Waals surface area contributed by atoms with Gasteiger partial charge in [0, 0.05) is 12.6 Å². The first kappa shape index (κ1) is 16.2.